The van der Waals surface area contributed by atoms with E-state index < -0.39 is 11.5 Å². The molecular weight excluding hydrogens is 312 g/mol. The average molecular weight is 322 g/mol. The van der Waals surface area contributed by atoms with Gasteiger partial charge in [-0.15, -0.1) is 0 Å². The Labute approximate surface area is 134 Å². The molecule has 6 heteroatoms. The zero-order chi connectivity index (χ0) is 16.0. The van der Waals surface area contributed by atoms with E-state index in [9.17, 15) is 10.1 Å². The maximum atomic E-state index is 12.5. The van der Waals surface area contributed by atoms with Gasteiger partial charge in [-0.3, -0.25) is 0 Å². The molecule has 3 heterocycles. The number of para-hydroxylation sites is 1. The zero-order valence-electron chi connectivity index (χ0n) is 11.8. The number of nitrogens with zero attached hydrogens (tertiary/aromatic N) is 1. The van der Waals surface area contributed by atoms with Gasteiger partial charge in [0.05, 0.1) is 16.9 Å². The molecule has 5 nitrogen and oxygen atoms in total. The number of allylic oxidation sites excluding steroid dienone is 1. The molecule has 4 rings (SSSR count). The van der Waals surface area contributed by atoms with Gasteiger partial charge in [-0.05, 0) is 34.5 Å². The summed E-state index contributed by atoms with van der Waals surface area (Å²) in [4.78, 5) is 12.5. The summed E-state index contributed by atoms with van der Waals surface area (Å²) in [6, 6.07) is 11.0. The SMILES string of the molecule is N#CC1=C(N)Oc2c(c(=O)oc3ccccc23)[C@H]1c1ccsc1. The molecule has 1 aromatic carbocycles. The molecule has 1 atom stereocenters. The summed E-state index contributed by atoms with van der Waals surface area (Å²) in [6.07, 6.45) is 0. The first-order valence-corrected chi connectivity index (χ1v) is 7.80. The van der Waals surface area contributed by atoms with Gasteiger partial charge in [0.1, 0.15) is 17.2 Å². The fourth-order valence-electron chi connectivity index (χ4n) is 2.84. The molecule has 2 aromatic heterocycles. The fourth-order valence-corrected chi connectivity index (χ4v) is 3.52. The van der Waals surface area contributed by atoms with Crippen LogP contribution < -0.4 is 16.1 Å². The maximum absolute atomic E-state index is 12.5. The second-order valence-electron chi connectivity index (χ2n) is 5.11. The molecule has 0 spiro atoms. The van der Waals surface area contributed by atoms with Gasteiger partial charge in [0, 0.05) is 0 Å². The Morgan fingerprint density at radius 2 is 2.09 bits per heavy atom. The zero-order valence-corrected chi connectivity index (χ0v) is 12.6. The number of hydrogen-bond acceptors (Lipinski definition) is 6. The highest BCUT2D eigenvalue weighted by Gasteiger charge is 2.35. The second kappa shape index (κ2) is 5.00. The molecule has 0 bridgehead atoms. The molecule has 1 aliphatic rings. The first-order valence-electron chi connectivity index (χ1n) is 6.86. The summed E-state index contributed by atoms with van der Waals surface area (Å²) in [5.74, 6) is -0.188. The van der Waals surface area contributed by atoms with Gasteiger partial charge in [-0.2, -0.15) is 16.6 Å². The van der Waals surface area contributed by atoms with Crippen molar-refractivity contribution in [3.63, 3.8) is 0 Å². The molecular formula is C17H10N2O3S. The lowest BCUT2D eigenvalue weighted by atomic mass is 9.85. The van der Waals surface area contributed by atoms with Gasteiger partial charge in [-0.1, -0.05) is 12.1 Å². The number of thiophene rings is 1. The Kier molecular flexibility index (Phi) is 2.96. The first-order chi connectivity index (χ1) is 11.2. The van der Waals surface area contributed by atoms with Crippen LogP contribution in [0, 0.1) is 11.3 Å². The molecule has 23 heavy (non-hydrogen) atoms. The molecule has 0 saturated heterocycles. The summed E-state index contributed by atoms with van der Waals surface area (Å²) in [7, 11) is 0. The van der Waals surface area contributed by atoms with Crippen LogP contribution in [0.1, 0.15) is 17.0 Å². The number of rotatable bonds is 1. The number of nitriles is 1. The fraction of sp³-hybridized carbons (Fsp3) is 0.0588. The number of fused-ring (bicyclic) bond motifs is 3. The third-order valence-electron chi connectivity index (χ3n) is 3.85. The van der Waals surface area contributed by atoms with Crippen molar-refractivity contribution in [3.8, 4) is 11.8 Å². The maximum Gasteiger partial charge on any atom is 0.344 e. The molecule has 0 unspecified atom stereocenters. The Morgan fingerprint density at radius 3 is 2.83 bits per heavy atom. The van der Waals surface area contributed by atoms with Crippen LogP contribution in [0.25, 0.3) is 11.0 Å². The van der Waals surface area contributed by atoms with E-state index in [1.807, 2.05) is 22.9 Å². The van der Waals surface area contributed by atoms with Crippen LogP contribution in [0.15, 0.2) is 61.8 Å². The van der Waals surface area contributed by atoms with E-state index in [1.165, 1.54) is 11.3 Å². The quantitative estimate of drug-likeness (QED) is 0.695. The normalized spacial score (nSPS) is 16.7. The van der Waals surface area contributed by atoms with Crippen molar-refractivity contribution in [2.75, 3.05) is 0 Å². The Bertz CT molecular complexity index is 1040. The average Bonchev–Trinajstić information content (AvgIpc) is 3.08. The highest BCUT2D eigenvalue weighted by atomic mass is 32.1. The Balaban J connectivity index is 2.11. The standard InChI is InChI=1S/C17H10N2O3S/c18-7-11-13(9-5-6-23-8-9)14-15(22-16(11)19)10-3-1-2-4-12(10)21-17(14)20/h1-6,8,13H,19H2/t13-/m0/s1. The van der Waals surface area contributed by atoms with E-state index in [1.54, 1.807) is 18.2 Å². The van der Waals surface area contributed by atoms with E-state index in [0.29, 0.717) is 22.3 Å². The summed E-state index contributed by atoms with van der Waals surface area (Å²) in [5.41, 5.74) is 7.21. The molecule has 0 radical (unpaired) electrons. The minimum absolute atomic E-state index is 0.0203. The molecule has 0 saturated carbocycles. The van der Waals surface area contributed by atoms with Gasteiger partial charge in [0.25, 0.3) is 0 Å². The molecule has 0 fully saturated rings. The lowest BCUT2D eigenvalue weighted by Gasteiger charge is -2.25. The third-order valence-corrected chi connectivity index (χ3v) is 4.55. The smallest absolute Gasteiger partial charge is 0.344 e. The predicted octanol–water partition coefficient (Wildman–Crippen LogP) is 3.07. The number of nitrogens with two attached hydrogens (primary N) is 1. The van der Waals surface area contributed by atoms with E-state index >= 15 is 0 Å². The van der Waals surface area contributed by atoms with Crippen molar-refractivity contribution in [1.82, 2.24) is 0 Å². The van der Waals surface area contributed by atoms with Crippen LogP contribution in [0.2, 0.25) is 0 Å². The van der Waals surface area contributed by atoms with Crippen LogP contribution in [0.4, 0.5) is 0 Å². The molecule has 3 aromatic rings. The third kappa shape index (κ3) is 1.94. The van der Waals surface area contributed by atoms with Crippen LogP contribution >= 0.6 is 11.3 Å². The summed E-state index contributed by atoms with van der Waals surface area (Å²) >= 11 is 1.48. The molecule has 112 valence electrons. The van der Waals surface area contributed by atoms with E-state index in [0.717, 1.165) is 5.56 Å². The van der Waals surface area contributed by atoms with Crippen LogP contribution in [-0.2, 0) is 0 Å². The van der Waals surface area contributed by atoms with E-state index in [-0.39, 0.29) is 11.5 Å². The van der Waals surface area contributed by atoms with Crippen molar-refractivity contribution < 1.29 is 9.15 Å². The largest absolute Gasteiger partial charge is 0.439 e. The van der Waals surface area contributed by atoms with Crippen molar-refractivity contribution in [2.24, 2.45) is 5.73 Å². The molecule has 1 aliphatic heterocycles. The van der Waals surface area contributed by atoms with Crippen LogP contribution in [0.3, 0.4) is 0 Å². The lowest BCUT2D eigenvalue weighted by molar-refractivity contribution is 0.388. The minimum atomic E-state index is -0.573. The van der Waals surface area contributed by atoms with Gasteiger partial charge in [0.2, 0.25) is 5.88 Å². The summed E-state index contributed by atoms with van der Waals surface area (Å²) in [6.45, 7) is 0. The van der Waals surface area contributed by atoms with Crippen molar-refractivity contribution in [1.29, 1.82) is 5.26 Å². The highest BCUT2D eigenvalue weighted by molar-refractivity contribution is 7.08. The van der Waals surface area contributed by atoms with Crippen molar-refractivity contribution in [2.45, 2.75) is 5.92 Å². The number of ether oxygens (including phenoxy) is 1. The number of hydrogen-bond donors (Lipinski definition) is 1. The van der Waals surface area contributed by atoms with Gasteiger partial charge >= 0.3 is 5.63 Å². The van der Waals surface area contributed by atoms with E-state index in [2.05, 4.69) is 6.07 Å². The van der Waals surface area contributed by atoms with Crippen molar-refractivity contribution in [3.05, 3.63) is 74.1 Å². The summed E-state index contributed by atoms with van der Waals surface area (Å²) < 4.78 is 11.0. The lowest BCUT2D eigenvalue weighted by Crippen LogP contribution is -2.26. The number of benzene rings is 1. The Morgan fingerprint density at radius 1 is 1.26 bits per heavy atom. The first kappa shape index (κ1) is 13.6. The molecule has 2 N–H and O–H groups in total. The second-order valence-corrected chi connectivity index (χ2v) is 5.89. The molecule has 0 amide bonds. The summed E-state index contributed by atoms with van der Waals surface area (Å²) in [5, 5.41) is 13.9. The Hall–Kier alpha value is -3.04. The van der Waals surface area contributed by atoms with Crippen LogP contribution in [-0.4, -0.2) is 0 Å². The monoisotopic (exact) mass is 322 g/mol. The van der Waals surface area contributed by atoms with Gasteiger partial charge < -0.3 is 14.9 Å². The van der Waals surface area contributed by atoms with E-state index in [4.69, 9.17) is 14.9 Å². The van der Waals surface area contributed by atoms with Crippen LogP contribution in [0.5, 0.6) is 5.75 Å². The van der Waals surface area contributed by atoms with Crippen molar-refractivity contribution >= 4 is 22.3 Å². The minimum Gasteiger partial charge on any atom is -0.439 e. The topological polar surface area (TPSA) is 89.3 Å². The predicted molar refractivity (Wildman–Crippen MR) is 86.1 cm³/mol. The van der Waals surface area contributed by atoms with Gasteiger partial charge in [-0.25, -0.2) is 4.79 Å². The highest BCUT2D eigenvalue weighted by Crippen LogP contribution is 2.43. The molecule has 0 aliphatic carbocycles. The van der Waals surface area contributed by atoms with Gasteiger partial charge in [0.15, 0.2) is 5.75 Å².